The molecular formula is C14H13ClINO3. The summed E-state index contributed by atoms with van der Waals surface area (Å²) in [6, 6.07) is 5.44. The van der Waals surface area contributed by atoms with Crippen LogP contribution in [0.2, 0.25) is 5.02 Å². The van der Waals surface area contributed by atoms with Gasteiger partial charge in [0, 0.05) is 8.59 Å². The van der Waals surface area contributed by atoms with E-state index < -0.39 is 5.97 Å². The fourth-order valence-electron chi connectivity index (χ4n) is 1.79. The number of benzene rings is 1. The Balaban J connectivity index is 2.52. The fraction of sp³-hybridized carbons (Fsp3) is 0.286. The molecule has 2 aromatic rings. The molecule has 1 aromatic carbocycles. The van der Waals surface area contributed by atoms with Gasteiger partial charge in [-0.15, -0.1) is 0 Å². The van der Waals surface area contributed by atoms with Crippen molar-refractivity contribution in [2.45, 2.75) is 19.8 Å². The molecule has 0 saturated carbocycles. The van der Waals surface area contributed by atoms with E-state index >= 15 is 0 Å². The molecule has 1 aromatic heterocycles. The Morgan fingerprint density at radius 2 is 2.25 bits per heavy atom. The lowest BCUT2D eigenvalue weighted by Gasteiger charge is -2.00. The minimum absolute atomic E-state index is 0.167. The van der Waals surface area contributed by atoms with Crippen LogP contribution in [-0.2, 0) is 11.2 Å². The van der Waals surface area contributed by atoms with Crippen LogP contribution in [0.4, 0.5) is 0 Å². The molecule has 4 nitrogen and oxygen atoms in total. The van der Waals surface area contributed by atoms with Crippen molar-refractivity contribution in [1.82, 2.24) is 4.98 Å². The summed E-state index contributed by atoms with van der Waals surface area (Å²) in [7, 11) is 1.32. The lowest BCUT2D eigenvalue weighted by Crippen LogP contribution is -2.03. The molecule has 0 saturated heterocycles. The molecule has 20 heavy (non-hydrogen) atoms. The van der Waals surface area contributed by atoms with Crippen LogP contribution >= 0.6 is 34.2 Å². The third kappa shape index (κ3) is 3.15. The Labute approximate surface area is 135 Å². The normalized spacial score (nSPS) is 10.6. The van der Waals surface area contributed by atoms with Crippen molar-refractivity contribution in [3.05, 3.63) is 38.2 Å². The van der Waals surface area contributed by atoms with Gasteiger partial charge >= 0.3 is 5.97 Å². The van der Waals surface area contributed by atoms with Crippen molar-refractivity contribution in [2.75, 3.05) is 7.11 Å². The smallest absolute Gasteiger partial charge is 0.376 e. The molecule has 0 spiro atoms. The van der Waals surface area contributed by atoms with Gasteiger partial charge in [0.15, 0.2) is 0 Å². The number of carbonyl (C=O) groups is 1. The van der Waals surface area contributed by atoms with E-state index in [2.05, 4.69) is 27.6 Å². The number of hydrogen-bond donors (Lipinski definition) is 0. The van der Waals surface area contributed by atoms with Gasteiger partial charge in [0.05, 0.1) is 18.4 Å². The zero-order valence-electron chi connectivity index (χ0n) is 11.1. The molecule has 6 heteroatoms. The molecule has 0 aliphatic heterocycles. The molecule has 0 aliphatic carbocycles. The number of esters is 1. The van der Waals surface area contributed by atoms with Crippen LogP contribution in [0.1, 0.15) is 29.6 Å². The van der Waals surface area contributed by atoms with Crippen molar-refractivity contribution < 1.29 is 13.9 Å². The number of aromatic nitrogens is 1. The summed E-state index contributed by atoms with van der Waals surface area (Å²) in [6.45, 7) is 2.01. The van der Waals surface area contributed by atoms with Gasteiger partial charge in [0.1, 0.15) is 0 Å². The largest absolute Gasteiger partial charge is 0.463 e. The molecule has 106 valence electrons. The first-order chi connectivity index (χ1) is 9.56. The maximum absolute atomic E-state index is 11.7. The summed E-state index contributed by atoms with van der Waals surface area (Å²) >= 11 is 8.17. The SMILES string of the molecule is CCCc1nc(-c2cc(Cl)ccc2I)oc1C(=O)OC. The maximum Gasteiger partial charge on any atom is 0.376 e. The van der Waals surface area contributed by atoms with Crippen LogP contribution < -0.4 is 0 Å². The number of methoxy groups -OCH3 is 1. The van der Waals surface area contributed by atoms with Crippen LogP contribution in [0, 0.1) is 3.57 Å². The predicted octanol–water partition coefficient (Wildman–Crippen LogP) is 4.34. The molecule has 0 unspecified atom stereocenters. The average Bonchev–Trinajstić information content (AvgIpc) is 2.85. The topological polar surface area (TPSA) is 52.3 Å². The highest BCUT2D eigenvalue weighted by atomic mass is 127. The lowest BCUT2D eigenvalue weighted by molar-refractivity contribution is 0.0564. The van der Waals surface area contributed by atoms with E-state index in [0.717, 1.165) is 15.6 Å². The number of carbonyl (C=O) groups excluding carboxylic acids is 1. The zero-order valence-corrected chi connectivity index (χ0v) is 14.0. The number of halogens is 2. The van der Waals surface area contributed by atoms with Crippen LogP contribution in [-0.4, -0.2) is 18.1 Å². The molecule has 1 heterocycles. The van der Waals surface area contributed by atoms with E-state index in [-0.39, 0.29) is 5.76 Å². The number of oxazole rings is 1. The number of rotatable bonds is 4. The average molecular weight is 406 g/mol. The zero-order chi connectivity index (χ0) is 14.7. The monoisotopic (exact) mass is 405 g/mol. The van der Waals surface area contributed by atoms with Crippen molar-refractivity contribution in [2.24, 2.45) is 0 Å². The first-order valence-electron chi connectivity index (χ1n) is 6.10. The standard InChI is InChI=1S/C14H13ClINO3/c1-3-4-11-12(14(18)19-2)20-13(17-11)9-7-8(15)5-6-10(9)16/h5-7H,3-4H2,1-2H3. The molecule has 2 rings (SSSR count). The Hall–Kier alpha value is -1.08. The van der Waals surface area contributed by atoms with Gasteiger partial charge in [0.25, 0.3) is 0 Å². The number of hydrogen-bond acceptors (Lipinski definition) is 4. The molecule has 0 amide bonds. The van der Waals surface area contributed by atoms with Gasteiger partial charge in [-0.05, 0) is 47.2 Å². The minimum atomic E-state index is -0.510. The van der Waals surface area contributed by atoms with E-state index in [1.807, 2.05) is 13.0 Å². The highest BCUT2D eigenvalue weighted by Crippen LogP contribution is 2.29. The van der Waals surface area contributed by atoms with Gasteiger partial charge in [-0.25, -0.2) is 9.78 Å². The Morgan fingerprint density at radius 1 is 1.50 bits per heavy atom. The third-order valence-electron chi connectivity index (χ3n) is 2.71. The van der Waals surface area contributed by atoms with Crippen molar-refractivity contribution in [1.29, 1.82) is 0 Å². The molecule has 0 N–H and O–H groups in total. The molecule has 0 bridgehead atoms. The van der Waals surface area contributed by atoms with Gasteiger partial charge < -0.3 is 9.15 Å². The lowest BCUT2D eigenvalue weighted by atomic mass is 10.2. The van der Waals surface area contributed by atoms with Crippen molar-refractivity contribution in [3.63, 3.8) is 0 Å². The second kappa shape index (κ2) is 6.58. The highest BCUT2D eigenvalue weighted by Gasteiger charge is 2.22. The summed E-state index contributed by atoms with van der Waals surface area (Å²) in [6.07, 6.45) is 1.52. The molecule has 0 atom stereocenters. The van der Waals surface area contributed by atoms with E-state index in [1.165, 1.54) is 7.11 Å². The minimum Gasteiger partial charge on any atom is -0.463 e. The van der Waals surface area contributed by atoms with Gasteiger partial charge in [-0.3, -0.25) is 0 Å². The maximum atomic E-state index is 11.7. The van der Waals surface area contributed by atoms with Crippen molar-refractivity contribution in [3.8, 4) is 11.5 Å². The summed E-state index contributed by atoms with van der Waals surface area (Å²) in [4.78, 5) is 16.1. The molecule has 0 aliphatic rings. The molecule has 0 fully saturated rings. The number of aryl methyl sites for hydroxylation is 1. The summed E-state index contributed by atoms with van der Waals surface area (Å²) < 4.78 is 11.3. The van der Waals surface area contributed by atoms with Crippen LogP contribution in [0.5, 0.6) is 0 Å². The van der Waals surface area contributed by atoms with Crippen LogP contribution in [0.15, 0.2) is 22.6 Å². The quantitative estimate of drug-likeness (QED) is 0.561. The van der Waals surface area contributed by atoms with Gasteiger partial charge in [0.2, 0.25) is 11.7 Å². The van der Waals surface area contributed by atoms with E-state index in [0.29, 0.717) is 23.0 Å². The second-order valence-electron chi connectivity index (χ2n) is 4.16. The Bertz CT molecular complexity index is 639. The highest BCUT2D eigenvalue weighted by molar-refractivity contribution is 14.1. The van der Waals surface area contributed by atoms with Crippen LogP contribution in [0.3, 0.4) is 0 Å². The summed E-state index contributed by atoms with van der Waals surface area (Å²) in [5.41, 5.74) is 1.38. The van der Waals surface area contributed by atoms with Crippen molar-refractivity contribution >= 4 is 40.2 Å². The first-order valence-corrected chi connectivity index (χ1v) is 7.56. The Morgan fingerprint density at radius 3 is 2.90 bits per heavy atom. The predicted molar refractivity (Wildman–Crippen MR) is 85.0 cm³/mol. The van der Waals surface area contributed by atoms with E-state index in [9.17, 15) is 4.79 Å². The number of ether oxygens (including phenoxy) is 1. The fourth-order valence-corrected chi connectivity index (χ4v) is 2.53. The molecule has 0 radical (unpaired) electrons. The molecular weight excluding hydrogens is 393 g/mol. The number of nitrogens with zero attached hydrogens (tertiary/aromatic N) is 1. The van der Waals surface area contributed by atoms with Gasteiger partial charge in [-0.2, -0.15) is 0 Å². The summed E-state index contributed by atoms with van der Waals surface area (Å²) in [5, 5.41) is 0.593. The first kappa shape index (κ1) is 15.3. The van der Waals surface area contributed by atoms with Crippen LogP contribution in [0.25, 0.3) is 11.5 Å². The Kier molecular flexibility index (Phi) is 5.04. The third-order valence-corrected chi connectivity index (χ3v) is 3.89. The second-order valence-corrected chi connectivity index (χ2v) is 5.76. The van der Waals surface area contributed by atoms with Gasteiger partial charge in [-0.1, -0.05) is 24.9 Å². The van der Waals surface area contributed by atoms with E-state index in [1.54, 1.807) is 12.1 Å². The summed E-state index contributed by atoms with van der Waals surface area (Å²) in [5.74, 6) is 0.0464. The van der Waals surface area contributed by atoms with E-state index in [4.69, 9.17) is 20.8 Å².